The Labute approximate surface area is 118 Å². The number of aryl methyl sites for hydroxylation is 1. The van der Waals surface area contributed by atoms with Crippen LogP contribution in [-0.2, 0) is 4.74 Å². The Kier molecular flexibility index (Phi) is 3.99. The Morgan fingerprint density at radius 2 is 2.37 bits per heavy atom. The smallest absolute Gasteiger partial charge is 0.183 e. The third kappa shape index (κ3) is 3.25. The van der Waals surface area contributed by atoms with Crippen LogP contribution in [0, 0.1) is 6.92 Å². The van der Waals surface area contributed by atoms with Crippen LogP contribution in [0.3, 0.4) is 0 Å². The molecule has 0 saturated carbocycles. The van der Waals surface area contributed by atoms with E-state index in [1.807, 2.05) is 0 Å². The van der Waals surface area contributed by atoms with E-state index in [-0.39, 0.29) is 0 Å². The first-order valence-corrected chi connectivity index (χ1v) is 7.85. The van der Waals surface area contributed by atoms with E-state index in [4.69, 9.17) is 4.74 Å². The third-order valence-corrected chi connectivity index (χ3v) is 4.54. The van der Waals surface area contributed by atoms with Gasteiger partial charge in [0.25, 0.3) is 0 Å². The highest BCUT2D eigenvalue weighted by atomic mass is 32.1. The molecule has 102 valence electrons. The van der Waals surface area contributed by atoms with E-state index in [9.17, 15) is 0 Å². The number of thiazole rings is 1. The van der Waals surface area contributed by atoms with Gasteiger partial charge in [0, 0.05) is 13.2 Å². The monoisotopic (exact) mass is 276 g/mol. The van der Waals surface area contributed by atoms with E-state index in [2.05, 4.69) is 35.4 Å². The van der Waals surface area contributed by atoms with Crippen molar-refractivity contribution in [2.45, 2.75) is 38.7 Å². The minimum atomic E-state index is 0.442. The van der Waals surface area contributed by atoms with Gasteiger partial charge in [-0.1, -0.05) is 17.4 Å². The zero-order chi connectivity index (χ0) is 13.1. The van der Waals surface area contributed by atoms with Crippen molar-refractivity contribution < 1.29 is 4.74 Å². The zero-order valence-electron chi connectivity index (χ0n) is 11.3. The lowest BCUT2D eigenvalue weighted by Gasteiger charge is -2.22. The van der Waals surface area contributed by atoms with Gasteiger partial charge in [0.05, 0.1) is 16.3 Å². The van der Waals surface area contributed by atoms with Crippen molar-refractivity contribution in [2.75, 3.05) is 18.5 Å². The number of hydrogen-bond acceptors (Lipinski definition) is 4. The highest BCUT2D eigenvalue weighted by molar-refractivity contribution is 7.22. The molecule has 0 bridgehead atoms. The summed E-state index contributed by atoms with van der Waals surface area (Å²) in [6.07, 6.45) is 5.26. The molecule has 1 unspecified atom stereocenters. The molecule has 1 aromatic heterocycles. The Balaban J connectivity index is 1.56. The summed E-state index contributed by atoms with van der Waals surface area (Å²) in [4.78, 5) is 4.60. The molecule has 1 saturated heterocycles. The van der Waals surface area contributed by atoms with Gasteiger partial charge in [-0.2, -0.15) is 0 Å². The lowest BCUT2D eigenvalue weighted by atomic mass is 10.1. The maximum atomic E-state index is 5.73. The minimum absolute atomic E-state index is 0.442. The highest BCUT2D eigenvalue weighted by Gasteiger charge is 2.13. The van der Waals surface area contributed by atoms with Crippen LogP contribution in [0.4, 0.5) is 5.13 Å². The van der Waals surface area contributed by atoms with Crippen molar-refractivity contribution in [3.8, 4) is 0 Å². The lowest BCUT2D eigenvalue weighted by molar-refractivity contribution is 0.0134. The van der Waals surface area contributed by atoms with Crippen molar-refractivity contribution in [1.82, 2.24) is 4.98 Å². The maximum Gasteiger partial charge on any atom is 0.183 e. The maximum absolute atomic E-state index is 5.73. The number of rotatable bonds is 4. The predicted molar refractivity (Wildman–Crippen MR) is 81.1 cm³/mol. The predicted octanol–water partition coefficient (Wildman–Crippen LogP) is 3.98. The fourth-order valence-electron chi connectivity index (χ4n) is 2.48. The molecule has 2 heterocycles. The summed E-state index contributed by atoms with van der Waals surface area (Å²) in [5.41, 5.74) is 2.38. The highest BCUT2D eigenvalue weighted by Crippen LogP contribution is 2.26. The van der Waals surface area contributed by atoms with Gasteiger partial charge in [-0.15, -0.1) is 0 Å². The number of anilines is 1. The molecule has 0 radical (unpaired) electrons. The molecular formula is C15H20N2OS. The van der Waals surface area contributed by atoms with E-state index >= 15 is 0 Å². The van der Waals surface area contributed by atoms with E-state index in [1.165, 1.54) is 29.5 Å². The van der Waals surface area contributed by atoms with Gasteiger partial charge in [0.15, 0.2) is 5.13 Å². The first-order valence-electron chi connectivity index (χ1n) is 7.04. The van der Waals surface area contributed by atoms with Gasteiger partial charge < -0.3 is 10.1 Å². The molecule has 1 aliphatic rings. The summed E-state index contributed by atoms with van der Waals surface area (Å²) < 4.78 is 6.99. The standard InChI is InChI=1S/C15H20N2OS/c1-11-5-6-13-14(10-11)19-15(17-13)16-8-7-12-4-2-3-9-18-12/h5-6,10,12H,2-4,7-9H2,1H3,(H,16,17). The quantitative estimate of drug-likeness (QED) is 0.917. The molecule has 0 amide bonds. The van der Waals surface area contributed by atoms with Gasteiger partial charge in [-0.05, 0) is 50.3 Å². The summed E-state index contributed by atoms with van der Waals surface area (Å²) in [5.74, 6) is 0. The van der Waals surface area contributed by atoms with Crippen LogP contribution in [-0.4, -0.2) is 24.2 Å². The molecule has 19 heavy (non-hydrogen) atoms. The van der Waals surface area contributed by atoms with E-state index in [1.54, 1.807) is 11.3 Å². The molecular weight excluding hydrogens is 256 g/mol. The zero-order valence-corrected chi connectivity index (χ0v) is 12.1. The molecule has 0 spiro atoms. The number of benzene rings is 1. The number of nitrogens with zero attached hydrogens (tertiary/aromatic N) is 1. The third-order valence-electron chi connectivity index (χ3n) is 3.56. The van der Waals surface area contributed by atoms with E-state index in [0.29, 0.717) is 6.10 Å². The van der Waals surface area contributed by atoms with Crippen molar-refractivity contribution in [2.24, 2.45) is 0 Å². The minimum Gasteiger partial charge on any atom is -0.378 e. The van der Waals surface area contributed by atoms with Crippen molar-refractivity contribution in [3.05, 3.63) is 23.8 Å². The van der Waals surface area contributed by atoms with Gasteiger partial charge in [0.1, 0.15) is 0 Å². The van der Waals surface area contributed by atoms with E-state index in [0.717, 1.165) is 30.2 Å². The Bertz CT molecular complexity index is 546. The van der Waals surface area contributed by atoms with Crippen LogP contribution < -0.4 is 5.32 Å². The summed E-state index contributed by atoms with van der Waals surface area (Å²) in [6.45, 7) is 4.00. The van der Waals surface area contributed by atoms with Crippen LogP contribution in [0.2, 0.25) is 0 Å². The van der Waals surface area contributed by atoms with Crippen LogP contribution in [0.1, 0.15) is 31.2 Å². The van der Waals surface area contributed by atoms with Gasteiger partial charge in [-0.3, -0.25) is 0 Å². The Morgan fingerprint density at radius 3 is 3.21 bits per heavy atom. The Hall–Kier alpha value is -1.13. The molecule has 4 heteroatoms. The first kappa shape index (κ1) is 12.9. The molecule has 1 aromatic carbocycles. The van der Waals surface area contributed by atoms with Crippen molar-refractivity contribution in [3.63, 3.8) is 0 Å². The molecule has 1 aliphatic heterocycles. The second kappa shape index (κ2) is 5.88. The fourth-order valence-corrected chi connectivity index (χ4v) is 3.47. The number of ether oxygens (including phenoxy) is 1. The summed E-state index contributed by atoms with van der Waals surface area (Å²) in [6, 6.07) is 6.40. The second-order valence-corrected chi connectivity index (χ2v) is 6.22. The Morgan fingerprint density at radius 1 is 1.42 bits per heavy atom. The summed E-state index contributed by atoms with van der Waals surface area (Å²) >= 11 is 1.74. The van der Waals surface area contributed by atoms with Gasteiger partial charge >= 0.3 is 0 Å². The number of hydrogen-bond donors (Lipinski definition) is 1. The van der Waals surface area contributed by atoms with Gasteiger partial charge in [0.2, 0.25) is 0 Å². The van der Waals surface area contributed by atoms with Crippen LogP contribution in [0.15, 0.2) is 18.2 Å². The molecule has 1 fully saturated rings. The van der Waals surface area contributed by atoms with Crippen LogP contribution in [0.5, 0.6) is 0 Å². The van der Waals surface area contributed by atoms with Crippen LogP contribution >= 0.6 is 11.3 Å². The van der Waals surface area contributed by atoms with E-state index < -0.39 is 0 Å². The molecule has 3 rings (SSSR count). The normalized spacial score (nSPS) is 19.7. The summed E-state index contributed by atoms with van der Waals surface area (Å²) in [7, 11) is 0. The second-order valence-electron chi connectivity index (χ2n) is 5.19. The average Bonchev–Trinajstić information content (AvgIpc) is 2.82. The van der Waals surface area contributed by atoms with Crippen LogP contribution in [0.25, 0.3) is 10.2 Å². The number of aromatic nitrogens is 1. The van der Waals surface area contributed by atoms with Crippen molar-refractivity contribution in [1.29, 1.82) is 0 Å². The molecule has 1 N–H and O–H groups in total. The number of nitrogens with one attached hydrogen (secondary N) is 1. The molecule has 1 atom stereocenters. The lowest BCUT2D eigenvalue weighted by Crippen LogP contribution is -2.21. The van der Waals surface area contributed by atoms with Crippen molar-refractivity contribution >= 4 is 26.7 Å². The SMILES string of the molecule is Cc1ccc2nc(NCCC3CCCCO3)sc2c1. The topological polar surface area (TPSA) is 34.2 Å². The fraction of sp³-hybridized carbons (Fsp3) is 0.533. The van der Waals surface area contributed by atoms with Gasteiger partial charge in [-0.25, -0.2) is 4.98 Å². The number of fused-ring (bicyclic) bond motifs is 1. The summed E-state index contributed by atoms with van der Waals surface area (Å²) in [5, 5.41) is 4.45. The molecule has 2 aromatic rings. The average molecular weight is 276 g/mol. The molecule has 0 aliphatic carbocycles. The first-order chi connectivity index (χ1) is 9.31. The molecule has 3 nitrogen and oxygen atoms in total. The largest absolute Gasteiger partial charge is 0.378 e.